The fourth-order valence-corrected chi connectivity index (χ4v) is 13.8. The van der Waals surface area contributed by atoms with Crippen LogP contribution in [0, 0.1) is 0 Å². The van der Waals surface area contributed by atoms with Crippen molar-refractivity contribution in [3.63, 3.8) is 0 Å². The Balaban J connectivity index is 1.20. The topological polar surface area (TPSA) is 6.48 Å². The van der Waals surface area contributed by atoms with Crippen LogP contribution in [0.25, 0.3) is 66.8 Å². The fraction of sp³-hybridized carbons (Fsp3) is 0.195. The molecule has 0 fully saturated rings. The number of benzene rings is 11. The Morgan fingerprint density at radius 2 is 0.552 bits per heavy atom. The summed E-state index contributed by atoms with van der Waals surface area (Å²) < 4.78 is 0. The zero-order chi connectivity index (χ0) is 60.9. The Morgan fingerprint density at radius 3 is 0.828 bits per heavy atom. The average Bonchev–Trinajstić information content (AvgIpc) is 0.690. The van der Waals surface area contributed by atoms with E-state index in [0.717, 1.165) is 106 Å². The smallest absolute Gasteiger partial charge is 0.252 e. The first kappa shape index (κ1) is 57.7. The first-order valence-corrected chi connectivity index (χ1v) is 31.5. The molecule has 0 N–H and O–H groups in total. The largest absolute Gasteiger partial charge is 0.309 e. The molecule has 2 heterocycles. The van der Waals surface area contributed by atoms with Gasteiger partial charge in [-0.1, -0.05) is 325 Å². The third-order valence-corrected chi connectivity index (χ3v) is 18.5. The third kappa shape index (κ3) is 10.5. The van der Waals surface area contributed by atoms with Gasteiger partial charge in [0.05, 0.1) is 32.8 Å². The zero-order valence-corrected chi connectivity index (χ0v) is 53.8. The van der Waals surface area contributed by atoms with E-state index in [4.69, 9.17) is 23.2 Å². The van der Waals surface area contributed by atoms with Crippen LogP contribution in [-0.2, 0) is 21.7 Å². The van der Waals surface area contributed by atoms with E-state index in [1.807, 2.05) is 6.07 Å². The second kappa shape index (κ2) is 21.8. The number of fused-ring (bicyclic) bond motifs is 4. The lowest BCUT2D eigenvalue weighted by Crippen LogP contribution is -2.61. The summed E-state index contributed by atoms with van der Waals surface area (Å²) in [6, 6.07) is 87.8. The first-order chi connectivity index (χ1) is 41.5. The van der Waals surface area contributed by atoms with E-state index in [0.29, 0.717) is 10.0 Å². The molecule has 0 atom stereocenters. The number of para-hydroxylation sites is 2. The maximum absolute atomic E-state index is 8.21. The van der Waals surface area contributed by atoms with Gasteiger partial charge in [-0.05, 0) is 123 Å². The molecule has 0 amide bonds. The van der Waals surface area contributed by atoms with Gasteiger partial charge < -0.3 is 9.80 Å². The second-order valence-corrected chi connectivity index (χ2v) is 28.9. The maximum atomic E-state index is 8.21. The molecule has 0 radical (unpaired) electrons. The Kier molecular flexibility index (Phi) is 14.5. The standard InChI is InChI=1S/C82H75BCl2N2/c1-79(2,3)60-43-58(44-61(49-60)80(4,5)6)56-39-41-68-72(47-56)86(75-64(52-27-17-13-18-28-52)35-25-36-65(75)53-29-19-14-20-30-53)77-70(84)51-71(85)78-74(77)83(68)69-42-40-57(59-45-62(81(7,8)9)50-63(46-59)82(10,11)12)48-73(69)87(78)76-66(54-31-21-15-22-32-54)37-26-38-67(76)55-33-23-16-24-34-55/h13-51H,1-12H3. The van der Waals surface area contributed by atoms with E-state index in [1.165, 1.54) is 33.4 Å². The monoisotopic (exact) mass is 1170 g/mol. The van der Waals surface area contributed by atoms with Crippen LogP contribution >= 0.6 is 23.2 Å². The highest BCUT2D eigenvalue weighted by molar-refractivity contribution is 7.00. The van der Waals surface area contributed by atoms with Crippen LogP contribution in [0.15, 0.2) is 237 Å². The molecule has 5 heteroatoms. The Hall–Kier alpha value is -8.34. The summed E-state index contributed by atoms with van der Waals surface area (Å²) >= 11 is 16.4. The first-order valence-electron chi connectivity index (χ1n) is 30.7. The van der Waals surface area contributed by atoms with E-state index in [2.05, 4.69) is 323 Å². The predicted molar refractivity (Wildman–Crippen MR) is 378 cm³/mol. The maximum Gasteiger partial charge on any atom is 0.252 e. The molecule has 11 aromatic rings. The Morgan fingerprint density at radius 1 is 0.264 bits per heavy atom. The Labute approximate surface area is 527 Å². The van der Waals surface area contributed by atoms with Gasteiger partial charge >= 0.3 is 0 Å². The lowest BCUT2D eigenvalue weighted by Gasteiger charge is -2.46. The van der Waals surface area contributed by atoms with Crippen molar-refractivity contribution < 1.29 is 0 Å². The van der Waals surface area contributed by atoms with Crippen LogP contribution in [0.5, 0.6) is 0 Å². The van der Waals surface area contributed by atoms with Crippen LogP contribution in [0.1, 0.15) is 105 Å². The number of halogens is 2. The van der Waals surface area contributed by atoms with Crippen LogP contribution in [0.2, 0.25) is 10.0 Å². The van der Waals surface area contributed by atoms with Crippen LogP contribution in [0.3, 0.4) is 0 Å². The third-order valence-electron chi connectivity index (χ3n) is 18.0. The molecule has 0 bridgehead atoms. The SMILES string of the molecule is CC(C)(C)c1cc(-c2ccc3c(c2)N(c2c(-c4ccccc4)cccc2-c2ccccc2)c2c(Cl)cc(Cl)c4c2B3c2ccc(-c3cc(C(C)(C)C)cc(C(C)(C)C)c3)cc2N4c2c(-c3ccccc3)cccc2-c2ccccc2)cc(C(C)(C)C)c1. The molecular weight excluding hydrogens is 1090 g/mol. The van der Waals surface area contributed by atoms with Crippen molar-refractivity contribution >= 4 is 80.4 Å². The summed E-state index contributed by atoms with van der Waals surface area (Å²) in [7, 11) is 0. The predicted octanol–water partition coefficient (Wildman–Crippen LogP) is 22.3. The number of rotatable bonds is 8. The van der Waals surface area contributed by atoms with Crippen molar-refractivity contribution in [3.8, 4) is 66.8 Å². The number of hydrogen-bond acceptors (Lipinski definition) is 2. The van der Waals surface area contributed by atoms with Crippen molar-refractivity contribution in [1.82, 2.24) is 0 Å². The van der Waals surface area contributed by atoms with Crippen molar-refractivity contribution in [2.45, 2.75) is 105 Å². The molecule has 0 aliphatic carbocycles. The highest BCUT2D eigenvalue weighted by Crippen LogP contribution is 2.56. The Bertz CT molecular complexity index is 3980. The van der Waals surface area contributed by atoms with Crippen molar-refractivity contribution in [3.05, 3.63) is 269 Å². The molecule has 2 aliphatic heterocycles. The minimum Gasteiger partial charge on any atom is -0.309 e. The van der Waals surface area contributed by atoms with Crippen molar-refractivity contribution in [2.75, 3.05) is 9.80 Å². The summed E-state index contributed by atoms with van der Waals surface area (Å²) in [6.07, 6.45) is 0. The van der Waals surface area contributed by atoms with Gasteiger partial charge in [-0.2, -0.15) is 0 Å². The quantitative estimate of drug-likeness (QED) is 0.140. The second-order valence-electron chi connectivity index (χ2n) is 28.1. The van der Waals surface area contributed by atoms with Gasteiger partial charge in [-0.15, -0.1) is 0 Å². The molecule has 87 heavy (non-hydrogen) atoms. The van der Waals surface area contributed by atoms with Crippen LogP contribution < -0.4 is 26.2 Å². The molecule has 430 valence electrons. The molecule has 2 aliphatic rings. The molecule has 2 nitrogen and oxygen atoms in total. The molecule has 0 aromatic heterocycles. The van der Waals surface area contributed by atoms with E-state index >= 15 is 0 Å². The average molecular weight is 1170 g/mol. The molecule has 0 saturated heterocycles. The number of anilines is 6. The minimum atomic E-state index is -0.308. The lowest BCUT2D eigenvalue weighted by atomic mass is 9.33. The summed E-state index contributed by atoms with van der Waals surface area (Å²) in [5.74, 6) is 0. The van der Waals surface area contributed by atoms with Gasteiger partial charge in [0.15, 0.2) is 0 Å². The highest BCUT2D eigenvalue weighted by atomic mass is 35.5. The van der Waals surface area contributed by atoms with Gasteiger partial charge in [-0.25, -0.2) is 0 Å². The van der Waals surface area contributed by atoms with Gasteiger partial charge in [0.2, 0.25) is 0 Å². The van der Waals surface area contributed by atoms with Gasteiger partial charge in [0.1, 0.15) is 0 Å². The molecule has 13 rings (SSSR count). The molecular formula is C82H75BCl2N2. The zero-order valence-electron chi connectivity index (χ0n) is 52.2. The van der Waals surface area contributed by atoms with E-state index < -0.39 is 0 Å². The van der Waals surface area contributed by atoms with Gasteiger partial charge in [0, 0.05) is 33.6 Å². The molecule has 11 aromatic carbocycles. The molecule has 0 saturated carbocycles. The van der Waals surface area contributed by atoms with Crippen LogP contribution in [-0.4, -0.2) is 6.71 Å². The normalized spacial score (nSPS) is 13.1. The van der Waals surface area contributed by atoms with Crippen molar-refractivity contribution in [1.29, 1.82) is 0 Å². The minimum absolute atomic E-state index is 0.0873. The number of nitrogens with zero attached hydrogens (tertiary/aromatic N) is 2. The van der Waals surface area contributed by atoms with E-state index in [1.54, 1.807) is 0 Å². The molecule has 0 unspecified atom stereocenters. The summed E-state index contributed by atoms with van der Waals surface area (Å²) in [6.45, 7) is 27.5. The van der Waals surface area contributed by atoms with Crippen LogP contribution in [0.4, 0.5) is 34.1 Å². The summed E-state index contributed by atoms with van der Waals surface area (Å²) in [5, 5.41) is 1.14. The summed E-state index contributed by atoms with van der Waals surface area (Å²) in [5.41, 5.74) is 27.6. The molecule has 0 spiro atoms. The van der Waals surface area contributed by atoms with Gasteiger partial charge in [0.25, 0.3) is 6.71 Å². The van der Waals surface area contributed by atoms with E-state index in [-0.39, 0.29) is 28.4 Å². The van der Waals surface area contributed by atoms with Gasteiger partial charge in [-0.3, -0.25) is 0 Å². The fourth-order valence-electron chi connectivity index (χ4n) is 13.1. The highest BCUT2D eigenvalue weighted by Gasteiger charge is 2.47. The van der Waals surface area contributed by atoms with E-state index in [9.17, 15) is 0 Å². The number of hydrogen-bond donors (Lipinski definition) is 0. The lowest BCUT2D eigenvalue weighted by molar-refractivity contribution is 0.568. The van der Waals surface area contributed by atoms with Crippen molar-refractivity contribution in [2.24, 2.45) is 0 Å². The summed E-state index contributed by atoms with van der Waals surface area (Å²) in [4.78, 5) is 5.03.